The van der Waals surface area contributed by atoms with E-state index in [1.54, 1.807) is 0 Å². The minimum atomic E-state index is -6.06. The monoisotopic (exact) mass is 178 g/mol. The van der Waals surface area contributed by atoms with Crippen molar-refractivity contribution in [3.63, 3.8) is 0 Å². The molecule has 0 fully saturated rings. The van der Waals surface area contributed by atoms with Crippen LogP contribution in [0.2, 0.25) is 0 Å². The van der Waals surface area contributed by atoms with Crippen LogP contribution in [0.1, 0.15) is 0 Å². The quantitative estimate of drug-likeness (QED) is 0.498. The van der Waals surface area contributed by atoms with E-state index in [1.807, 2.05) is 0 Å². The van der Waals surface area contributed by atoms with Crippen LogP contribution in [-0.2, 0) is 0 Å². The molecule has 0 spiro atoms. The van der Waals surface area contributed by atoms with E-state index in [0.717, 1.165) is 0 Å². The molecule has 0 aliphatic heterocycles. The molecule has 0 saturated heterocycles. The van der Waals surface area contributed by atoms with Crippen LogP contribution in [0.15, 0.2) is 0 Å². The first-order chi connectivity index (χ1) is 3.25. The molecule has 7 heteroatoms. The maximum Gasteiger partial charge on any atom is 0.487 e. The summed E-state index contributed by atoms with van der Waals surface area (Å²) in [5, 5.41) is 0. The number of halogens is 6. The van der Waals surface area contributed by atoms with Crippen LogP contribution >= 0.6 is 0 Å². The summed E-state index contributed by atoms with van der Waals surface area (Å²) in [5.41, 5.74) is 0. The van der Waals surface area contributed by atoms with E-state index in [-0.39, 0.29) is 37.7 Å². The average molecular weight is 178 g/mol. The third kappa shape index (κ3) is 4.27. The van der Waals surface area contributed by atoms with Gasteiger partial charge in [-0.05, 0) is 0 Å². The molecule has 0 aliphatic rings. The van der Waals surface area contributed by atoms with Gasteiger partial charge >= 0.3 is 12.4 Å². The van der Waals surface area contributed by atoms with Crippen LogP contribution in [0.4, 0.5) is 26.3 Å². The van der Waals surface area contributed by atoms with Crippen molar-refractivity contribution >= 4 is 0 Å². The molecule has 0 aliphatic carbocycles. The smallest absolute Gasteiger partial charge is 0.162 e. The molecular weight excluding hydrogens is 178 g/mol. The zero-order valence-corrected chi connectivity index (χ0v) is 4.33. The van der Waals surface area contributed by atoms with Gasteiger partial charge in [-0.1, -0.05) is 0 Å². The Kier molecular flexibility index (Phi) is 4.58. The Morgan fingerprint density at radius 1 is 0.556 bits per heavy atom. The fraction of sp³-hybridized carbons (Fsp3) is 1.00. The zero-order chi connectivity index (χ0) is 7.00. The molecule has 0 heterocycles. The first kappa shape index (κ1) is 12.5. The second-order valence-electron chi connectivity index (χ2n) is 0.996. The summed E-state index contributed by atoms with van der Waals surface area (Å²) in [5.74, 6) is 0. The molecule has 58 valence electrons. The number of hydrogen-bond donors (Lipinski definition) is 0. The molecule has 0 amide bonds. The maximum absolute atomic E-state index is 10.4. The topological polar surface area (TPSA) is 0 Å². The van der Waals surface area contributed by atoms with Gasteiger partial charge in [-0.3, -0.25) is 0 Å². The van der Waals surface area contributed by atoms with Crippen molar-refractivity contribution in [2.24, 2.45) is 0 Å². The molecule has 0 aromatic heterocycles. The third-order valence-electron chi connectivity index (χ3n) is 0.321. The fourth-order valence-electron chi connectivity index (χ4n) is 0. The second-order valence-corrected chi connectivity index (χ2v) is 0.996. The molecule has 0 unspecified atom stereocenters. The third-order valence-corrected chi connectivity index (χ3v) is 0.321. The van der Waals surface area contributed by atoms with Gasteiger partial charge in [0.25, 0.3) is 0 Å². The van der Waals surface area contributed by atoms with Crippen molar-refractivity contribution in [2.45, 2.75) is 12.4 Å². The average Bonchev–Trinajstić information content (AvgIpc) is 1.25. The van der Waals surface area contributed by atoms with E-state index in [1.165, 1.54) is 0 Å². The van der Waals surface area contributed by atoms with Crippen LogP contribution in [0.25, 0.3) is 0 Å². The predicted molar refractivity (Wildman–Crippen MR) is 12.1 cm³/mol. The van der Waals surface area contributed by atoms with Gasteiger partial charge in [0, 0.05) is 37.7 Å². The van der Waals surface area contributed by atoms with E-state index >= 15 is 0 Å². The first-order valence-electron chi connectivity index (χ1n) is 1.38. The standard InChI is InChI=1S/C2F6.Ar/c3-1(4,5)2(6,7)8;. The second kappa shape index (κ2) is 3.30. The van der Waals surface area contributed by atoms with Crippen LogP contribution in [-0.4, -0.2) is 12.4 Å². The Labute approximate surface area is 76.2 Å². The largest absolute Gasteiger partial charge is 0.487 e. The van der Waals surface area contributed by atoms with Gasteiger partial charge in [-0.15, -0.1) is 0 Å². The van der Waals surface area contributed by atoms with Gasteiger partial charge in [-0.2, -0.15) is 26.3 Å². The van der Waals surface area contributed by atoms with Gasteiger partial charge in [0.1, 0.15) is 0 Å². The van der Waals surface area contributed by atoms with Crippen LogP contribution < -0.4 is 0 Å². The molecular formula is C2ArF6. The number of rotatable bonds is 0. The van der Waals surface area contributed by atoms with Gasteiger partial charge in [0.05, 0.1) is 0 Å². The van der Waals surface area contributed by atoms with Crippen molar-refractivity contribution in [1.82, 2.24) is 0 Å². The minimum absolute atomic E-state index is 0. The number of alkyl halides is 6. The minimum Gasteiger partial charge on any atom is -0.162 e. The molecule has 9 heavy (non-hydrogen) atoms. The summed E-state index contributed by atoms with van der Waals surface area (Å²) in [6, 6.07) is 0. The summed E-state index contributed by atoms with van der Waals surface area (Å²) in [4.78, 5) is 0. The Balaban J connectivity index is 0. The van der Waals surface area contributed by atoms with Crippen molar-refractivity contribution in [3.05, 3.63) is 0 Å². The normalized spacial score (nSPS) is 12.7. The number of hydrogen-bond acceptors (Lipinski definition) is 0. The molecule has 0 rings (SSSR count). The Morgan fingerprint density at radius 2 is 0.667 bits per heavy atom. The van der Waals surface area contributed by atoms with Gasteiger partial charge in [0.15, 0.2) is 0 Å². The molecule has 0 bridgehead atoms. The zero-order valence-electron chi connectivity index (χ0n) is 3.62. The molecule has 0 aromatic carbocycles. The van der Waals surface area contributed by atoms with Crippen molar-refractivity contribution in [2.75, 3.05) is 0 Å². The van der Waals surface area contributed by atoms with E-state index < -0.39 is 12.4 Å². The van der Waals surface area contributed by atoms with E-state index in [0.29, 0.717) is 0 Å². The Hall–Kier alpha value is 0.840. The van der Waals surface area contributed by atoms with Crippen molar-refractivity contribution in [1.29, 1.82) is 0 Å². The van der Waals surface area contributed by atoms with E-state index in [4.69, 9.17) is 0 Å². The van der Waals surface area contributed by atoms with Crippen LogP contribution in [0.5, 0.6) is 0 Å². The van der Waals surface area contributed by atoms with Crippen LogP contribution in [0.3, 0.4) is 0 Å². The molecule has 0 atom stereocenters. The Morgan fingerprint density at radius 3 is 0.667 bits per heavy atom. The van der Waals surface area contributed by atoms with Crippen molar-refractivity contribution in [3.8, 4) is 0 Å². The molecule has 0 N–H and O–H groups in total. The summed E-state index contributed by atoms with van der Waals surface area (Å²) in [7, 11) is 0. The van der Waals surface area contributed by atoms with Crippen LogP contribution in [0, 0.1) is 37.7 Å². The molecule has 0 nitrogen and oxygen atoms in total. The fourth-order valence-corrected chi connectivity index (χ4v) is 0. The van der Waals surface area contributed by atoms with E-state index in [9.17, 15) is 26.3 Å². The van der Waals surface area contributed by atoms with Gasteiger partial charge < -0.3 is 0 Å². The first-order valence-corrected chi connectivity index (χ1v) is 1.38. The molecule has 0 aromatic rings. The molecule has 0 radical (unpaired) electrons. The van der Waals surface area contributed by atoms with Crippen molar-refractivity contribution < 1.29 is 64.1 Å². The van der Waals surface area contributed by atoms with E-state index in [2.05, 4.69) is 0 Å². The predicted octanol–water partition coefficient (Wildman–Crippen LogP) is 2.11. The Bertz CT molecular complexity index is 66.0. The summed E-state index contributed by atoms with van der Waals surface area (Å²) < 4.78 is 62.6. The van der Waals surface area contributed by atoms with Gasteiger partial charge in [0.2, 0.25) is 0 Å². The SMILES string of the molecule is FC(F)(F)C(F)(F)F.[Ar]. The summed E-state index contributed by atoms with van der Waals surface area (Å²) in [6.07, 6.45) is -12.1. The van der Waals surface area contributed by atoms with Gasteiger partial charge in [-0.25, -0.2) is 0 Å². The molecule has 0 saturated carbocycles. The maximum atomic E-state index is 10.4. The summed E-state index contributed by atoms with van der Waals surface area (Å²) >= 11 is 0. The summed E-state index contributed by atoms with van der Waals surface area (Å²) in [6.45, 7) is 0.